The van der Waals surface area contributed by atoms with Crippen LogP contribution in [0.25, 0.3) is 0 Å². The van der Waals surface area contributed by atoms with Gasteiger partial charge in [0.25, 0.3) is 0 Å². The number of hydrogen-bond donors (Lipinski definition) is 1. The van der Waals surface area contributed by atoms with E-state index in [1.165, 1.54) is 37.7 Å². The highest BCUT2D eigenvalue weighted by atomic mass is 14.9. The van der Waals surface area contributed by atoms with E-state index in [0.717, 1.165) is 19.0 Å². The Morgan fingerprint density at radius 3 is 2.24 bits per heavy atom. The average molecular weight is 287 g/mol. The molecule has 0 heterocycles. The Morgan fingerprint density at radius 1 is 1.10 bits per heavy atom. The number of rotatable bonds is 6. The van der Waals surface area contributed by atoms with Crippen LogP contribution in [0.2, 0.25) is 0 Å². The van der Waals surface area contributed by atoms with Gasteiger partial charge in [0.15, 0.2) is 0 Å². The van der Waals surface area contributed by atoms with Gasteiger partial charge in [0.05, 0.1) is 0 Å². The fourth-order valence-corrected chi connectivity index (χ4v) is 3.58. The Balaban J connectivity index is 2.11. The van der Waals surface area contributed by atoms with Gasteiger partial charge in [-0.2, -0.15) is 0 Å². The molecule has 1 aliphatic carbocycles. The largest absolute Gasteiger partial charge is 0.316 e. The normalized spacial score (nSPS) is 18.1. The summed E-state index contributed by atoms with van der Waals surface area (Å²) in [4.78, 5) is 0. The third-order valence-electron chi connectivity index (χ3n) is 4.96. The molecule has 0 aliphatic heterocycles. The van der Waals surface area contributed by atoms with Crippen molar-refractivity contribution in [1.29, 1.82) is 0 Å². The van der Waals surface area contributed by atoms with Gasteiger partial charge in [-0.25, -0.2) is 0 Å². The van der Waals surface area contributed by atoms with Crippen molar-refractivity contribution in [3.8, 4) is 0 Å². The molecule has 1 atom stereocenters. The molecule has 118 valence electrons. The molecule has 1 N–H and O–H groups in total. The second kappa shape index (κ2) is 7.45. The van der Waals surface area contributed by atoms with Crippen molar-refractivity contribution in [3.63, 3.8) is 0 Å². The van der Waals surface area contributed by atoms with E-state index >= 15 is 0 Å². The van der Waals surface area contributed by atoms with Gasteiger partial charge in [0.1, 0.15) is 0 Å². The first kappa shape index (κ1) is 16.5. The molecule has 1 saturated carbocycles. The first-order valence-electron chi connectivity index (χ1n) is 8.83. The highest BCUT2D eigenvalue weighted by Gasteiger charge is 2.26. The van der Waals surface area contributed by atoms with Crippen molar-refractivity contribution in [2.75, 3.05) is 13.1 Å². The minimum absolute atomic E-state index is 0.252. The lowest BCUT2D eigenvalue weighted by molar-refractivity contribution is 0.411. The Bertz CT molecular complexity index is 406. The zero-order valence-electron chi connectivity index (χ0n) is 14.4. The Kier molecular flexibility index (Phi) is 5.87. The van der Waals surface area contributed by atoms with Crippen molar-refractivity contribution in [1.82, 2.24) is 5.32 Å². The molecule has 1 fully saturated rings. The van der Waals surface area contributed by atoms with Crippen LogP contribution in [-0.2, 0) is 5.41 Å². The third kappa shape index (κ3) is 4.57. The summed E-state index contributed by atoms with van der Waals surface area (Å²) in [5.74, 6) is 1.59. The first-order valence-corrected chi connectivity index (χ1v) is 8.83. The second-order valence-corrected chi connectivity index (χ2v) is 7.73. The maximum atomic E-state index is 3.66. The summed E-state index contributed by atoms with van der Waals surface area (Å²) in [7, 11) is 0. The SMILES string of the molecule is CCCNCC(c1ccc(C(C)(C)C)cc1)C1CCCC1. The predicted molar refractivity (Wildman–Crippen MR) is 93.0 cm³/mol. The lowest BCUT2D eigenvalue weighted by atomic mass is 9.82. The van der Waals surface area contributed by atoms with Crippen LogP contribution in [0.3, 0.4) is 0 Å². The smallest absolute Gasteiger partial charge is 0.00228 e. The van der Waals surface area contributed by atoms with Crippen molar-refractivity contribution in [2.45, 2.75) is 71.1 Å². The fraction of sp³-hybridized carbons (Fsp3) is 0.700. The van der Waals surface area contributed by atoms with Gasteiger partial charge in [-0.1, -0.05) is 64.8 Å². The van der Waals surface area contributed by atoms with E-state index in [1.54, 1.807) is 5.56 Å². The highest BCUT2D eigenvalue weighted by molar-refractivity contribution is 5.30. The van der Waals surface area contributed by atoms with Crippen LogP contribution in [0.1, 0.15) is 76.8 Å². The molecule has 1 heteroatoms. The monoisotopic (exact) mass is 287 g/mol. The molecule has 0 aromatic heterocycles. The van der Waals surface area contributed by atoms with Gasteiger partial charge in [0.2, 0.25) is 0 Å². The minimum atomic E-state index is 0.252. The van der Waals surface area contributed by atoms with Gasteiger partial charge in [-0.3, -0.25) is 0 Å². The maximum Gasteiger partial charge on any atom is 0.00228 e. The molecule has 1 aromatic rings. The minimum Gasteiger partial charge on any atom is -0.316 e. The van der Waals surface area contributed by atoms with Crippen molar-refractivity contribution in [3.05, 3.63) is 35.4 Å². The van der Waals surface area contributed by atoms with Crippen LogP contribution < -0.4 is 5.32 Å². The summed E-state index contributed by atoms with van der Waals surface area (Å²) >= 11 is 0. The molecule has 1 unspecified atom stereocenters. The summed E-state index contributed by atoms with van der Waals surface area (Å²) < 4.78 is 0. The molecular formula is C20H33N. The molecule has 21 heavy (non-hydrogen) atoms. The van der Waals surface area contributed by atoms with Crippen molar-refractivity contribution < 1.29 is 0 Å². The third-order valence-corrected chi connectivity index (χ3v) is 4.96. The van der Waals surface area contributed by atoms with Gasteiger partial charge >= 0.3 is 0 Å². The predicted octanol–water partition coefficient (Wildman–Crippen LogP) is 5.26. The fourth-order valence-electron chi connectivity index (χ4n) is 3.58. The highest BCUT2D eigenvalue weighted by Crippen LogP contribution is 2.37. The zero-order chi connectivity index (χ0) is 15.3. The number of benzene rings is 1. The molecule has 1 aliphatic rings. The second-order valence-electron chi connectivity index (χ2n) is 7.73. The molecule has 1 aromatic carbocycles. The van der Waals surface area contributed by atoms with Gasteiger partial charge < -0.3 is 5.32 Å². The summed E-state index contributed by atoms with van der Waals surface area (Å²) in [5, 5.41) is 3.66. The lowest BCUT2D eigenvalue weighted by Gasteiger charge is -2.26. The Morgan fingerprint density at radius 2 is 1.71 bits per heavy atom. The van der Waals surface area contributed by atoms with Crippen LogP contribution in [0.15, 0.2) is 24.3 Å². The standard InChI is InChI=1S/C20H33N/c1-5-14-21-15-19(16-8-6-7-9-16)17-10-12-18(13-11-17)20(2,3)4/h10-13,16,19,21H,5-9,14-15H2,1-4H3. The van der Waals surface area contributed by atoms with Crippen LogP contribution in [-0.4, -0.2) is 13.1 Å². The molecule has 2 rings (SSSR count). The van der Waals surface area contributed by atoms with E-state index in [-0.39, 0.29) is 5.41 Å². The van der Waals surface area contributed by atoms with E-state index in [4.69, 9.17) is 0 Å². The van der Waals surface area contributed by atoms with Gasteiger partial charge in [-0.15, -0.1) is 0 Å². The quantitative estimate of drug-likeness (QED) is 0.704. The Hall–Kier alpha value is -0.820. The molecule has 0 radical (unpaired) electrons. The van der Waals surface area contributed by atoms with E-state index in [1.807, 2.05) is 0 Å². The number of hydrogen-bond acceptors (Lipinski definition) is 1. The Labute approximate surface area is 131 Å². The van der Waals surface area contributed by atoms with Crippen LogP contribution in [0.4, 0.5) is 0 Å². The maximum absolute atomic E-state index is 3.66. The van der Waals surface area contributed by atoms with Crippen molar-refractivity contribution >= 4 is 0 Å². The van der Waals surface area contributed by atoms with E-state index in [9.17, 15) is 0 Å². The van der Waals surface area contributed by atoms with E-state index in [0.29, 0.717) is 5.92 Å². The van der Waals surface area contributed by atoms with Crippen LogP contribution >= 0.6 is 0 Å². The topological polar surface area (TPSA) is 12.0 Å². The molecule has 0 saturated heterocycles. The van der Waals surface area contributed by atoms with Gasteiger partial charge in [-0.05, 0) is 54.2 Å². The summed E-state index contributed by atoms with van der Waals surface area (Å²) in [6.45, 7) is 11.4. The molecule has 0 bridgehead atoms. The molecule has 1 nitrogen and oxygen atoms in total. The average Bonchev–Trinajstić information content (AvgIpc) is 2.97. The first-order chi connectivity index (χ1) is 10.0. The van der Waals surface area contributed by atoms with Gasteiger partial charge in [0, 0.05) is 6.54 Å². The molecule has 0 amide bonds. The number of nitrogens with one attached hydrogen (secondary N) is 1. The van der Waals surface area contributed by atoms with Crippen molar-refractivity contribution in [2.24, 2.45) is 5.92 Å². The molecule has 0 spiro atoms. The summed E-state index contributed by atoms with van der Waals surface area (Å²) in [6, 6.07) is 9.46. The van der Waals surface area contributed by atoms with E-state index in [2.05, 4.69) is 57.3 Å². The van der Waals surface area contributed by atoms with Crippen LogP contribution in [0, 0.1) is 5.92 Å². The van der Waals surface area contributed by atoms with Crippen LogP contribution in [0.5, 0.6) is 0 Å². The summed E-state index contributed by atoms with van der Waals surface area (Å²) in [6.07, 6.45) is 6.91. The molecular weight excluding hydrogens is 254 g/mol. The zero-order valence-corrected chi connectivity index (χ0v) is 14.4. The lowest BCUT2D eigenvalue weighted by Crippen LogP contribution is -2.26. The van der Waals surface area contributed by atoms with E-state index < -0.39 is 0 Å². The summed E-state index contributed by atoms with van der Waals surface area (Å²) in [5.41, 5.74) is 3.23.